The summed E-state index contributed by atoms with van der Waals surface area (Å²) in [7, 11) is 0. The van der Waals surface area contributed by atoms with Crippen molar-refractivity contribution in [3.05, 3.63) is 34.9 Å². The van der Waals surface area contributed by atoms with Gasteiger partial charge in [-0.1, -0.05) is 18.2 Å². The maximum Gasteiger partial charge on any atom is 0.410 e. The van der Waals surface area contributed by atoms with Crippen LogP contribution in [0.2, 0.25) is 0 Å². The number of epoxide rings is 1. The van der Waals surface area contributed by atoms with E-state index in [1.807, 2.05) is 20.8 Å². The van der Waals surface area contributed by atoms with Gasteiger partial charge in [-0.2, -0.15) is 0 Å². The molecular weight excluding hydrogens is 254 g/mol. The topological polar surface area (TPSA) is 42.1 Å². The lowest BCUT2D eigenvalue weighted by Crippen LogP contribution is -2.40. The monoisotopic (exact) mass is 275 g/mol. The van der Waals surface area contributed by atoms with Gasteiger partial charge < -0.3 is 14.4 Å². The fraction of sp³-hybridized carbons (Fsp3) is 0.562. The largest absolute Gasteiger partial charge is 0.444 e. The number of benzene rings is 1. The first kappa shape index (κ1) is 13.4. The number of carbonyl (C=O) groups is 1. The van der Waals surface area contributed by atoms with Gasteiger partial charge in [-0.15, -0.1) is 0 Å². The average Bonchev–Trinajstić information content (AvgIpc) is 3.19. The molecule has 0 radical (unpaired) electrons. The fourth-order valence-electron chi connectivity index (χ4n) is 2.65. The Labute approximate surface area is 119 Å². The highest BCUT2D eigenvalue weighted by molar-refractivity contribution is 5.68. The molecule has 4 heteroatoms. The van der Waals surface area contributed by atoms with Crippen LogP contribution >= 0.6 is 0 Å². The van der Waals surface area contributed by atoms with Gasteiger partial charge in [0.05, 0.1) is 6.61 Å². The van der Waals surface area contributed by atoms with E-state index in [0.29, 0.717) is 13.1 Å². The number of carbonyl (C=O) groups excluding carboxylic acids is 1. The van der Waals surface area contributed by atoms with Crippen molar-refractivity contribution in [2.24, 2.45) is 0 Å². The molecule has 1 fully saturated rings. The van der Waals surface area contributed by atoms with Gasteiger partial charge in [0.2, 0.25) is 0 Å². The summed E-state index contributed by atoms with van der Waals surface area (Å²) in [4.78, 5) is 13.9. The van der Waals surface area contributed by atoms with Crippen LogP contribution in [0, 0.1) is 0 Å². The summed E-state index contributed by atoms with van der Waals surface area (Å²) in [5.41, 5.74) is 3.43. The van der Waals surface area contributed by atoms with E-state index >= 15 is 0 Å². The molecule has 2 heterocycles. The molecule has 1 atom stereocenters. The third-order valence-corrected chi connectivity index (χ3v) is 3.63. The van der Waals surface area contributed by atoms with Gasteiger partial charge in [-0.05, 0) is 43.9 Å². The summed E-state index contributed by atoms with van der Waals surface area (Å²) in [5, 5.41) is 0. The lowest BCUT2D eigenvalue weighted by atomic mass is 9.93. The Morgan fingerprint density at radius 2 is 2.15 bits per heavy atom. The maximum absolute atomic E-state index is 12.1. The highest BCUT2D eigenvalue weighted by Gasteiger charge is 2.31. The van der Waals surface area contributed by atoms with Crippen LogP contribution < -0.4 is 0 Å². The third-order valence-electron chi connectivity index (χ3n) is 3.63. The van der Waals surface area contributed by atoms with Crippen molar-refractivity contribution >= 4 is 6.09 Å². The van der Waals surface area contributed by atoms with Crippen molar-refractivity contribution in [2.75, 3.05) is 13.2 Å². The average molecular weight is 275 g/mol. The minimum Gasteiger partial charge on any atom is -0.444 e. The molecule has 2 aliphatic heterocycles. The molecule has 2 aliphatic rings. The second-order valence-electron chi connectivity index (χ2n) is 6.46. The number of nitrogens with zero attached hydrogens (tertiary/aromatic N) is 1. The van der Waals surface area contributed by atoms with Crippen LogP contribution in [0.15, 0.2) is 18.2 Å². The van der Waals surface area contributed by atoms with Crippen molar-refractivity contribution in [2.45, 2.75) is 45.4 Å². The summed E-state index contributed by atoms with van der Waals surface area (Å²) in [6, 6.07) is 6.28. The molecule has 3 rings (SSSR count). The molecule has 0 saturated carbocycles. The second-order valence-corrected chi connectivity index (χ2v) is 6.46. The molecule has 0 unspecified atom stereocenters. The van der Waals surface area contributed by atoms with Crippen LogP contribution in [0.5, 0.6) is 0 Å². The highest BCUT2D eigenvalue weighted by atomic mass is 16.6. The maximum atomic E-state index is 12.1. The first-order chi connectivity index (χ1) is 9.44. The van der Waals surface area contributed by atoms with Gasteiger partial charge in [0.25, 0.3) is 0 Å². The molecule has 108 valence electrons. The van der Waals surface area contributed by atoms with E-state index in [1.165, 1.54) is 16.7 Å². The lowest BCUT2D eigenvalue weighted by molar-refractivity contribution is 0.0223. The van der Waals surface area contributed by atoms with E-state index in [0.717, 1.165) is 13.0 Å². The van der Waals surface area contributed by atoms with Crippen LogP contribution in [0.25, 0.3) is 0 Å². The SMILES string of the molecule is CC(C)(C)OC(=O)N1CCc2c(cccc2[C@H]2CO2)C1. The Morgan fingerprint density at radius 3 is 2.80 bits per heavy atom. The minimum absolute atomic E-state index is 0.226. The van der Waals surface area contributed by atoms with E-state index < -0.39 is 5.60 Å². The van der Waals surface area contributed by atoms with Crippen LogP contribution in [0.3, 0.4) is 0 Å². The summed E-state index contributed by atoms with van der Waals surface area (Å²) >= 11 is 0. The first-order valence-electron chi connectivity index (χ1n) is 7.14. The summed E-state index contributed by atoms with van der Waals surface area (Å²) in [6.45, 7) is 7.85. The van der Waals surface area contributed by atoms with Gasteiger partial charge in [0.1, 0.15) is 11.7 Å². The Balaban J connectivity index is 1.75. The minimum atomic E-state index is -0.443. The molecule has 0 aromatic heterocycles. The molecule has 0 bridgehead atoms. The first-order valence-corrected chi connectivity index (χ1v) is 7.14. The molecule has 1 aromatic rings. The second kappa shape index (κ2) is 4.77. The molecule has 0 spiro atoms. The Morgan fingerprint density at radius 1 is 1.40 bits per heavy atom. The van der Waals surface area contributed by atoms with Gasteiger partial charge >= 0.3 is 6.09 Å². The summed E-state index contributed by atoms with van der Waals surface area (Å²) in [6.07, 6.45) is 0.930. The predicted molar refractivity (Wildman–Crippen MR) is 75.5 cm³/mol. The standard InChI is InChI=1S/C16H21NO3/c1-16(2,3)20-15(18)17-8-7-12-11(9-17)5-4-6-13(12)14-10-19-14/h4-6,14H,7-10H2,1-3H3/t14-/m1/s1. The molecule has 1 saturated heterocycles. The van der Waals surface area contributed by atoms with Gasteiger partial charge in [0.15, 0.2) is 0 Å². The smallest absolute Gasteiger partial charge is 0.410 e. The van der Waals surface area contributed by atoms with Crippen molar-refractivity contribution in [1.82, 2.24) is 4.90 Å². The molecule has 0 aliphatic carbocycles. The molecule has 1 aromatic carbocycles. The van der Waals surface area contributed by atoms with Crippen LogP contribution in [0.1, 0.15) is 43.6 Å². The number of hydrogen-bond donors (Lipinski definition) is 0. The number of fused-ring (bicyclic) bond motifs is 1. The molecular formula is C16H21NO3. The molecule has 4 nitrogen and oxygen atoms in total. The van der Waals surface area contributed by atoms with Crippen LogP contribution in [-0.4, -0.2) is 29.7 Å². The van der Waals surface area contributed by atoms with Crippen LogP contribution in [0.4, 0.5) is 4.79 Å². The highest BCUT2D eigenvalue weighted by Crippen LogP contribution is 2.35. The summed E-state index contributed by atoms with van der Waals surface area (Å²) < 4.78 is 10.8. The zero-order valence-corrected chi connectivity index (χ0v) is 12.3. The predicted octanol–water partition coefficient (Wildman–Crippen LogP) is 3.05. The van der Waals surface area contributed by atoms with Gasteiger partial charge in [-0.3, -0.25) is 0 Å². The van der Waals surface area contributed by atoms with E-state index in [9.17, 15) is 4.79 Å². The molecule has 0 N–H and O–H groups in total. The zero-order chi connectivity index (χ0) is 14.3. The van der Waals surface area contributed by atoms with Crippen molar-refractivity contribution in [1.29, 1.82) is 0 Å². The van der Waals surface area contributed by atoms with Crippen molar-refractivity contribution in [3.63, 3.8) is 0 Å². The number of hydrogen-bond acceptors (Lipinski definition) is 3. The van der Waals surface area contributed by atoms with Crippen molar-refractivity contribution in [3.8, 4) is 0 Å². The lowest BCUT2D eigenvalue weighted by Gasteiger charge is -2.32. The number of rotatable bonds is 1. The Kier molecular flexibility index (Phi) is 3.21. The van der Waals surface area contributed by atoms with E-state index in [1.54, 1.807) is 4.90 Å². The molecule has 20 heavy (non-hydrogen) atoms. The van der Waals surface area contributed by atoms with Gasteiger partial charge in [0, 0.05) is 13.1 Å². The van der Waals surface area contributed by atoms with Gasteiger partial charge in [-0.25, -0.2) is 4.79 Å². The Bertz CT molecular complexity index is 529. The van der Waals surface area contributed by atoms with Crippen molar-refractivity contribution < 1.29 is 14.3 Å². The molecule has 1 amide bonds. The quantitative estimate of drug-likeness (QED) is 0.740. The third kappa shape index (κ3) is 2.80. The van der Waals surface area contributed by atoms with Crippen LogP contribution in [-0.2, 0) is 22.4 Å². The van der Waals surface area contributed by atoms with E-state index in [-0.39, 0.29) is 12.2 Å². The number of ether oxygens (including phenoxy) is 2. The normalized spacial score (nSPS) is 21.4. The Hall–Kier alpha value is -1.55. The summed E-state index contributed by atoms with van der Waals surface area (Å²) in [5.74, 6) is 0. The number of amides is 1. The fourth-order valence-corrected chi connectivity index (χ4v) is 2.65. The van der Waals surface area contributed by atoms with E-state index in [4.69, 9.17) is 9.47 Å². The van der Waals surface area contributed by atoms with E-state index in [2.05, 4.69) is 18.2 Å². The zero-order valence-electron chi connectivity index (χ0n) is 12.3.